The highest BCUT2D eigenvalue weighted by Crippen LogP contribution is 2.24. The van der Waals surface area contributed by atoms with Gasteiger partial charge in [-0.25, -0.2) is 0 Å². The van der Waals surface area contributed by atoms with Crippen LogP contribution < -0.4 is 4.74 Å². The second-order valence-electron chi connectivity index (χ2n) is 4.08. The molecular formula is C15H14O4. The number of esters is 1. The van der Waals surface area contributed by atoms with Crippen molar-refractivity contribution < 1.29 is 19.1 Å². The van der Waals surface area contributed by atoms with E-state index in [2.05, 4.69) is 4.74 Å². The largest absolute Gasteiger partial charge is 0.485 e. The van der Waals surface area contributed by atoms with Crippen LogP contribution in [-0.4, -0.2) is 25.0 Å². The second kappa shape index (κ2) is 6.00. The van der Waals surface area contributed by atoms with Gasteiger partial charge in [0.25, 0.3) is 0 Å². The number of fused-ring (bicyclic) bond motifs is 1. The van der Waals surface area contributed by atoms with Crippen molar-refractivity contribution in [1.29, 1.82) is 0 Å². The van der Waals surface area contributed by atoms with Crippen LogP contribution in [0.2, 0.25) is 0 Å². The maximum Gasteiger partial charge on any atom is 0.303 e. The van der Waals surface area contributed by atoms with E-state index in [1.807, 2.05) is 36.4 Å². The fourth-order valence-electron chi connectivity index (χ4n) is 1.70. The van der Waals surface area contributed by atoms with Gasteiger partial charge < -0.3 is 9.47 Å². The molecule has 0 aliphatic rings. The molecule has 0 aromatic heterocycles. The van der Waals surface area contributed by atoms with Crippen LogP contribution in [0.5, 0.6) is 5.75 Å². The van der Waals surface area contributed by atoms with Crippen LogP contribution in [0.3, 0.4) is 0 Å². The highest BCUT2D eigenvalue weighted by atomic mass is 16.5. The summed E-state index contributed by atoms with van der Waals surface area (Å²) in [6.07, 6.45) is 0. The Morgan fingerprint density at radius 1 is 1.00 bits per heavy atom. The van der Waals surface area contributed by atoms with Crippen molar-refractivity contribution in [2.45, 2.75) is 6.92 Å². The number of rotatable bonds is 5. The molecule has 0 atom stereocenters. The molecule has 0 radical (unpaired) electrons. The fourth-order valence-corrected chi connectivity index (χ4v) is 1.70. The van der Waals surface area contributed by atoms with Crippen LogP contribution in [0.4, 0.5) is 0 Å². The fraction of sp³-hybridized carbons (Fsp3) is 0.200. The number of Topliss-reactive ketones (excluding diaryl/α,β-unsaturated/α-hetero) is 1. The third-order valence-corrected chi connectivity index (χ3v) is 2.57. The van der Waals surface area contributed by atoms with E-state index in [-0.39, 0.29) is 19.0 Å². The molecule has 0 aliphatic heterocycles. The summed E-state index contributed by atoms with van der Waals surface area (Å²) in [6.45, 7) is 0.903. The Labute approximate surface area is 110 Å². The second-order valence-corrected chi connectivity index (χ2v) is 4.08. The number of benzene rings is 2. The molecule has 2 aromatic rings. The summed E-state index contributed by atoms with van der Waals surface area (Å²) in [6, 6.07) is 13.4. The molecular weight excluding hydrogens is 244 g/mol. The van der Waals surface area contributed by atoms with Gasteiger partial charge in [0.2, 0.25) is 5.78 Å². The lowest BCUT2D eigenvalue weighted by Crippen LogP contribution is -2.18. The van der Waals surface area contributed by atoms with Crippen molar-refractivity contribution >= 4 is 22.5 Å². The lowest BCUT2D eigenvalue weighted by molar-refractivity contribution is -0.146. The van der Waals surface area contributed by atoms with Crippen molar-refractivity contribution in [3.8, 4) is 5.75 Å². The third kappa shape index (κ3) is 3.55. The van der Waals surface area contributed by atoms with Crippen molar-refractivity contribution in [3.63, 3.8) is 0 Å². The Morgan fingerprint density at radius 3 is 2.53 bits per heavy atom. The molecule has 19 heavy (non-hydrogen) atoms. The summed E-state index contributed by atoms with van der Waals surface area (Å²) >= 11 is 0. The third-order valence-electron chi connectivity index (χ3n) is 2.57. The molecule has 0 saturated carbocycles. The maximum atomic E-state index is 11.5. The zero-order chi connectivity index (χ0) is 13.7. The molecule has 0 spiro atoms. The van der Waals surface area contributed by atoms with E-state index in [9.17, 15) is 9.59 Å². The van der Waals surface area contributed by atoms with Gasteiger partial charge in [-0.1, -0.05) is 36.4 Å². The van der Waals surface area contributed by atoms with E-state index in [1.54, 1.807) is 6.07 Å². The molecule has 0 aliphatic carbocycles. The summed E-state index contributed by atoms with van der Waals surface area (Å²) in [5, 5.41) is 2.00. The minimum atomic E-state index is -0.474. The summed E-state index contributed by atoms with van der Waals surface area (Å²) in [5.74, 6) is -0.101. The standard InChI is InChI=1S/C15H14O4/c1-11(16)18-9-13(17)10-19-15-8-4-6-12-5-2-3-7-14(12)15/h2-8H,9-10H2,1H3. The van der Waals surface area contributed by atoms with Gasteiger partial charge in [-0.05, 0) is 11.5 Å². The van der Waals surface area contributed by atoms with Gasteiger partial charge in [0.1, 0.15) is 5.75 Å². The first-order chi connectivity index (χ1) is 9.16. The van der Waals surface area contributed by atoms with Crippen LogP contribution >= 0.6 is 0 Å². The molecule has 0 saturated heterocycles. The van der Waals surface area contributed by atoms with E-state index in [0.717, 1.165) is 10.8 Å². The number of hydrogen-bond donors (Lipinski definition) is 0. The van der Waals surface area contributed by atoms with Gasteiger partial charge in [0.05, 0.1) is 0 Å². The van der Waals surface area contributed by atoms with E-state index in [4.69, 9.17) is 4.74 Å². The van der Waals surface area contributed by atoms with Crippen molar-refractivity contribution in [1.82, 2.24) is 0 Å². The number of carbonyl (C=O) groups excluding carboxylic acids is 2. The van der Waals surface area contributed by atoms with Gasteiger partial charge >= 0.3 is 5.97 Å². The van der Waals surface area contributed by atoms with Crippen LogP contribution in [0.25, 0.3) is 10.8 Å². The highest BCUT2D eigenvalue weighted by molar-refractivity contribution is 5.89. The van der Waals surface area contributed by atoms with Crippen LogP contribution in [0, 0.1) is 0 Å². The van der Waals surface area contributed by atoms with Crippen molar-refractivity contribution in [2.24, 2.45) is 0 Å². The smallest absolute Gasteiger partial charge is 0.303 e. The molecule has 0 fully saturated rings. The van der Waals surface area contributed by atoms with Crippen molar-refractivity contribution in [2.75, 3.05) is 13.2 Å². The Balaban J connectivity index is 2.02. The van der Waals surface area contributed by atoms with Gasteiger partial charge in [-0.3, -0.25) is 9.59 Å². The zero-order valence-corrected chi connectivity index (χ0v) is 10.6. The minimum absolute atomic E-state index is 0.110. The number of carbonyl (C=O) groups is 2. The van der Waals surface area contributed by atoms with Crippen LogP contribution in [-0.2, 0) is 14.3 Å². The van der Waals surface area contributed by atoms with Crippen molar-refractivity contribution in [3.05, 3.63) is 42.5 Å². The summed E-state index contributed by atoms with van der Waals surface area (Å²) < 4.78 is 10.1. The van der Waals surface area contributed by atoms with Gasteiger partial charge in [-0.2, -0.15) is 0 Å². The molecule has 0 bridgehead atoms. The number of hydrogen-bond acceptors (Lipinski definition) is 4. The van der Waals surface area contributed by atoms with Crippen LogP contribution in [0.1, 0.15) is 6.92 Å². The summed E-state index contributed by atoms with van der Waals surface area (Å²) in [7, 11) is 0. The monoisotopic (exact) mass is 258 g/mol. The molecule has 2 rings (SSSR count). The van der Waals surface area contributed by atoms with Gasteiger partial charge in [0.15, 0.2) is 13.2 Å². The van der Waals surface area contributed by atoms with E-state index >= 15 is 0 Å². The number of ketones is 1. The van der Waals surface area contributed by atoms with E-state index in [0.29, 0.717) is 5.75 Å². The highest BCUT2D eigenvalue weighted by Gasteiger charge is 2.07. The topological polar surface area (TPSA) is 52.6 Å². The normalized spacial score (nSPS) is 10.2. The molecule has 98 valence electrons. The molecule has 2 aromatic carbocycles. The zero-order valence-electron chi connectivity index (χ0n) is 10.6. The molecule has 4 heteroatoms. The Bertz CT molecular complexity index is 599. The first-order valence-corrected chi connectivity index (χ1v) is 5.92. The lowest BCUT2D eigenvalue weighted by Gasteiger charge is -2.08. The molecule has 4 nitrogen and oxygen atoms in total. The maximum absolute atomic E-state index is 11.5. The summed E-state index contributed by atoms with van der Waals surface area (Å²) in [5.41, 5.74) is 0. The Morgan fingerprint density at radius 2 is 1.74 bits per heavy atom. The summed E-state index contributed by atoms with van der Waals surface area (Å²) in [4.78, 5) is 22.0. The molecule has 0 heterocycles. The number of ether oxygens (including phenoxy) is 2. The van der Waals surface area contributed by atoms with E-state index in [1.165, 1.54) is 6.92 Å². The predicted molar refractivity (Wildman–Crippen MR) is 71.1 cm³/mol. The minimum Gasteiger partial charge on any atom is -0.485 e. The lowest BCUT2D eigenvalue weighted by atomic mass is 10.1. The molecule has 0 unspecified atom stereocenters. The van der Waals surface area contributed by atoms with Gasteiger partial charge in [0, 0.05) is 12.3 Å². The Hall–Kier alpha value is -2.36. The first kappa shape index (κ1) is 13.1. The Kier molecular flexibility index (Phi) is 4.13. The SMILES string of the molecule is CC(=O)OCC(=O)COc1cccc2ccccc12. The van der Waals surface area contributed by atoms with Gasteiger partial charge in [-0.15, -0.1) is 0 Å². The van der Waals surface area contributed by atoms with Crippen LogP contribution in [0.15, 0.2) is 42.5 Å². The molecule has 0 amide bonds. The average Bonchev–Trinajstić information content (AvgIpc) is 2.42. The average molecular weight is 258 g/mol. The quantitative estimate of drug-likeness (QED) is 0.772. The van der Waals surface area contributed by atoms with E-state index < -0.39 is 5.97 Å². The first-order valence-electron chi connectivity index (χ1n) is 5.92. The molecule has 0 N–H and O–H groups in total. The predicted octanol–water partition coefficient (Wildman–Crippen LogP) is 2.35.